The second-order valence-corrected chi connectivity index (χ2v) is 8.88. The number of nitrogens with zero attached hydrogens (tertiary/aromatic N) is 1. The number of ether oxygens (including phenoxy) is 2. The maximum Gasteiger partial charge on any atom is 0.188 e. The molecule has 2 aliphatic rings. The van der Waals surface area contributed by atoms with Gasteiger partial charge in [0, 0.05) is 17.7 Å². The maximum absolute atomic E-state index is 6.52. The monoisotopic (exact) mass is 382 g/mol. The van der Waals surface area contributed by atoms with Gasteiger partial charge in [-0.1, -0.05) is 45.0 Å². The van der Waals surface area contributed by atoms with Gasteiger partial charge in [0.2, 0.25) is 0 Å². The standard InChI is InChI=1S/C22H26N2O2S/c1-21(2,3)14-9-11-15(12-10-14)24-20(27)23-17-13-22(24,4)26-19-16(17)7-6-8-18(19)25-5/h6-12,17H,13H2,1-5H3,(H,23,27). The van der Waals surface area contributed by atoms with Crippen molar-refractivity contribution < 1.29 is 9.47 Å². The fourth-order valence-electron chi connectivity index (χ4n) is 4.02. The van der Waals surface area contributed by atoms with Crippen LogP contribution in [0.4, 0.5) is 5.69 Å². The minimum absolute atomic E-state index is 0.113. The molecule has 2 unspecified atom stereocenters. The van der Waals surface area contributed by atoms with Crippen molar-refractivity contribution in [3.05, 3.63) is 53.6 Å². The lowest BCUT2D eigenvalue weighted by molar-refractivity contribution is 0.0464. The fraction of sp³-hybridized carbons (Fsp3) is 0.409. The van der Waals surface area contributed by atoms with Gasteiger partial charge in [0.15, 0.2) is 22.3 Å². The molecule has 27 heavy (non-hydrogen) atoms. The second-order valence-electron chi connectivity index (χ2n) is 8.49. The van der Waals surface area contributed by atoms with E-state index in [0.29, 0.717) is 5.11 Å². The fourth-order valence-corrected chi connectivity index (χ4v) is 4.46. The Labute approximate surface area is 166 Å². The predicted molar refractivity (Wildman–Crippen MR) is 113 cm³/mol. The number of anilines is 1. The summed E-state index contributed by atoms with van der Waals surface area (Å²) in [6, 6.07) is 14.7. The van der Waals surface area contributed by atoms with Crippen LogP contribution in [0, 0.1) is 0 Å². The van der Waals surface area contributed by atoms with Gasteiger partial charge in [0.1, 0.15) is 0 Å². The van der Waals surface area contributed by atoms with Crippen LogP contribution in [0.1, 0.15) is 51.3 Å². The zero-order chi connectivity index (χ0) is 19.4. The Morgan fingerprint density at radius 3 is 2.52 bits per heavy atom. The summed E-state index contributed by atoms with van der Waals surface area (Å²) in [5.74, 6) is 1.55. The minimum Gasteiger partial charge on any atom is -0.493 e. The van der Waals surface area contributed by atoms with Gasteiger partial charge in [0.05, 0.1) is 13.2 Å². The molecule has 4 nitrogen and oxygen atoms in total. The average molecular weight is 383 g/mol. The van der Waals surface area contributed by atoms with Crippen LogP contribution >= 0.6 is 12.2 Å². The molecule has 1 N–H and O–H groups in total. The number of nitrogens with one attached hydrogen (secondary N) is 1. The summed E-state index contributed by atoms with van der Waals surface area (Å²) in [5.41, 5.74) is 2.96. The Morgan fingerprint density at radius 2 is 1.89 bits per heavy atom. The number of benzene rings is 2. The third-order valence-electron chi connectivity index (χ3n) is 5.47. The quantitative estimate of drug-likeness (QED) is 0.745. The predicted octanol–water partition coefficient (Wildman–Crippen LogP) is 4.93. The Morgan fingerprint density at radius 1 is 1.19 bits per heavy atom. The molecule has 0 aromatic heterocycles. The normalized spacial score (nSPS) is 24.0. The zero-order valence-corrected chi connectivity index (χ0v) is 17.3. The number of thiocarbonyl (C=S) groups is 1. The van der Waals surface area contributed by atoms with Gasteiger partial charge in [-0.25, -0.2) is 0 Å². The van der Waals surface area contributed by atoms with E-state index in [-0.39, 0.29) is 11.5 Å². The molecule has 0 saturated carbocycles. The minimum atomic E-state index is -0.572. The third kappa shape index (κ3) is 2.94. The molecule has 2 bridgehead atoms. The van der Waals surface area contributed by atoms with Gasteiger partial charge in [0.25, 0.3) is 0 Å². The molecule has 0 amide bonds. The van der Waals surface area contributed by atoms with Gasteiger partial charge < -0.3 is 14.8 Å². The summed E-state index contributed by atoms with van der Waals surface area (Å²) < 4.78 is 12.1. The molecule has 2 aromatic carbocycles. The van der Waals surface area contributed by atoms with Gasteiger partial charge in [-0.05, 0) is 48.3 Å². The summed E-state index contributed by atoms with van der Waals surface area (Å²) in [5, 5.41) is 4.18. The number of methoxy groups -OCH3 is 1. The Kier molecular flexibility index (Phi) is 4.11. The molecule has 2 aromatic rings. The first kappa shape index (κ1) is 18.1. The molecule has 2 atom stereocenters. The Hall–Kier alpha value is -2.27. The highest BCUT2D eigenvalue weighted by Gasteiger charge is 2.49. The third-order valence-corrected chi connectivity index (χ3v) is 5.78. The molecule has 4 rings (SSSR count). The highest BCUT2D eigenvalue weighted by Crippen LogP contribution is 2.49. The molecule has 5 heteroatoms. The highest BCUT2D eigenvalue weighted by atomic mass is 32.1. The number of hydrogen-bond acceptors (Lipinski definition) is 3. The highest BCUT2D eigenvalue weighted by molar-refractivity contribution is 7.80. The smallest absolute Gasteiger partial charge is 0.188 e. The van der Waals surface area contributed by atoms with E-state index in [4.69, 9.17) is 21.7 Å². The van der Waals surface area contributed by atoms with Gasteiger partial charge in [-0.2, -0.15) is 0 Å². The molecule has 1 fully saturated rings. The summed E-state index contributed by atoms with van der Waals surface area (Å²) in [6.07, 6.45) is 0.800. The lowest BCUT2D eigenvalue weighted by Gasteiger charge is -2.52. The number of rotatable bonds is 2. The first-order chi connectivity index (χ1) is 12.7. The average Bonchev–Trinajstić information content (AvgIpc) is 2.60. The molecule has 1 saturated heterocycles. The summed E-state index contributed by atoms with van der Waals surface area (Å²) in [7, 11) is 1.67. The van der Waals surface area contributed by atoms with E-state index in [1.54, 1.807) is 7.11 Å². The van der Waals surface area contributed by atoms with Crippen LogP contribution in [0.25, 0.3) is 0 Å². The molecule has 142 valence electrons. The van der Waals surface area contributed by atoms with E-state index >= 15 is 0 Å². The van der Waals surface area contributed by atoms with Crippen molar-refractivity contribution in [1.82, 2.24) is 5.32 Å². The molecular weight excluding hydrogens is 356 g/mol. The SMILES string of the molecule is COc1cccc2c1OC1(C)CC2NC(=S)N1c1ccc(C(C)(C)C)cc1. The maximum atomic E-state index is 6.52. The van der Waals surface area contributed by atoms with E-state index in [1.165, 1.54) is 5.56 Å². The summed E-state index contributed by atoms with van der Waals surface area (Å²) in [6.45, 7) is 8.75. The molecule has 2 heterocycles. The van der Waals surface area contributed by atoms with E-state index in [0.717, 1.165) is 29.2 Å². The lowest BCUT2D eigenvalue weighted by Crippen LogP contribution is -2.65. The van der Waals surface area contributed by atoms with Gasteiger partial charge in [-0.3, -0.25) is 4.90 Å². The lowest BCUT2D eigenvalue weighted by atomic mass is 9.86. The number of para-hydroxylation sites is 1. The second kappa shape index (κ2) is 6.13. The molecule has 0 spiro atoms. The molecule has 0 radical (unpaired) electrons. The van der Waals surface area contributed by atoms with Crippen LogP contribution in [-0.2, 0) is 5.41 Å². The van der Waals surface area contributed by atoms with Crippen LogP contribution in [0.5, 0.6) is 11.5 Å². The van der Waals surface area contributed by atoms with Crippen molar-refractivity contribution in [2.45, 2.75) is 51.3 Å². The molecular formula is C22H26N2O2S. The summed E-state index contributed by atoms with van der Waals surface area (Å²) >= 11 is 5.74. The van der Waals surface area contributed by atoms with Gasteiger partial charge >= 0.3 is 0 Å². The van der Waals surface area contributed by atoms with E-state index in [1.807, 2.05) is 12.1 Å². The zero-order valence-electron chi connectivity index (χ0n) is 16.5. The molecule has 2 aliphatic heterocycles. The van der Waals surface area contributed by atoms with Gasteiger partial charge in [-0.15, -0.1) is 0 Å². The Bertz CT molecular complexity index is 888. The van der Waals surface area contributed by atoms with E-state index in [9.17, 15) is 0 Å². The van der Waals surface area contributed by atoms with Crippen LogP contribution in [-0.4, -0.2) is 17.9 Å². The molecule has 0 aliphatic carbocycles. The Balaban J connectivity index is 1.75. The van der Waals surface area contributed by atoms with Crippen molar-refractivity contribution in [1.29, 1.82) is 0 Å². The van der Waals surface area contributed by atoms with Crippen LogP contribution in [0.3, 0.4) is 0 Å². The largest absolute Gasteiger partial charge is 0.493 e. The van der Waals surface area contributed by atoms with E-state index in [2.05, 4.69) is 68.2 Å². The number of hydrogen-bond donors (Lipinski definition) is 1. The van der Waals surface area contributed by atoms with Crippen molar-refractivity contribution in [3.63, 3.8) is 0 Å². The number of fused-ring (bicyclic) bond motifs is 4. The van der Waals surface area contributed by atoms with Crippen molar-refractivity contribution in [3.8, 4) is 11.5 Å². The van der Waals surface area contributed by atoms with E-state index < -0.39 is 5.72 Å². The van der Waals surface area contributed by atoms with Crippen molar-refractivity contribution >= 4 is 23.0 Å². The first-order valence-corrected chi connectivity index (χ1v) is 9.71. The van der Waals surface area contributed by atoms with Crippen molar-refractivity contribution in [2.75, 3.05) is 12.0 Å². The van der Waals surface area contributed by atoms with Crippen LogP contribution in [0.2, 0.25) is 0 Å². The summed E-state index contributed by atoms with van der Waals surface area (Å²) in [4.78, 5) is 2.08. The van der Waals surface area contributed by atoms with Crippen LogP contribution < -0.4 is 19.7 Å². The first-order valence-electron chi connectivity index (χ1n) is 9.30. The van der Waals surface area contributed by atoms with Crippen LogP contribution in [0.15, 0.2) is 42.5 Å². The van der Waals surface area contributed by atoms with Crippen molar-refractivity contribution in [2.24, 2.45) is 0 Å². The topological polar surface area (TPSA) is 33.7 Å².